The first kappa shape index (κ1) is 19.3. The predicted octanol–water partition coefficient (Wildman–Crippen LogP) is 4.13. The minimum Gasteiger partial charge on any atom is -0.336 e. The van der Waals surface area contributed by atoms with Crippen LogP contribution in [0.1, 0.15) is 10.8 Å². The van der Waals surface area contributed by atoms with Gasteiger partial charge in [0.25, 0.3) is 0 Å². The van der Waals surface area contributed by atoms with Crippen molar-refractivity contribution in [3.05, 3.63) is 76.9 Å². The van der Waals surface area contributed by atoms with E-state index >= 15 is 0 Å². The molecule has 1 atom stereocenters. The van der Waals surface area contributed by atoms with Crippen LogP contribution < -0.4 is 10.6 Å². The molecule has 6 nitrogen and oxygen atoms in total. The van der Waals surface area contributed by atoms with Gasteiger partial charge in [-0.25, -0.2) is 13.2 Å². The Morgan fingerprint density at radius 2 is 2.04 bits per heavy atom. The summed E-state index contributed by atoms with van der Waals surface area (Å²) in [5.74, 6) is 0. The summed E-state index contributed by atoms with van der Waals surface area (Å²) >= 11 is 7.04. The molecular formula is C18H16ClN3O3S2. The number of carbonyl (C=O) groups excluding carboxylic acids is 1. The number of anilines is 1. The van der Waals surface area contributed by atoms with Gasteiger partial charge >= 0.3 is 6.03 Å². The van der Waals surface area contributed by atoms with Crippen molar-refractivity contribution in [2.75, 3.05) is 11.9 Å². The average molecular weight is 422 g/mol. The molecule has 0 spiro atoms. The van der Waals surface area contributed by atoms with Gasteiger partial charge in [-0.15, -0.1) is 11.3 Å². The summed E-state index contributed by atoms with van der Waals surface area (Å²) in [5, 5.41) is 6.49. The number of aromatic nitrogens is 1. The molecule has 3 aromatic rings. The standard InChI is InChI=1S/C18H16ClN3O3S2/c19-14-5-1-6-15(10-14)22-18(23)21-12-16(13-4-2-8-20-11-13)27(24,25)17-7-3-9-26-17/h1-11,16H,12H2,(H2,21,22,23). The van der Waals surface area contributed by atoms with E-state index in [4.69, 9.17) is 11.6 Å². The second-order valence-corrected chi connectivity index (χ2v) is 9.34. The van der Waals surface area contributed by atoms with E-state index in [2.05, 4.69) is 15.6 Å². The Hall–Kier alpha value is -2.42. The number of nitrogens with zero attached hydrogens (tertiary/aromatic N) is 1. The first-order chi connectivity index (χ1) is 13.0. The Morgan fingerprint density at radius 1 is 1.19 bits per heavy atom. The zero-order valence-electron chi connectivity index (χ0n) is 14.0. The summed E-state index contributed by atoms with van der Waals surface area (Å²) in [4.78, 5) is 16.2. The fourth-order valence-electron chi connectivity index (χ4n) is 2.47. The van der Waals surface area contributed by atoms with Crippen molar-refractivity contribution in [3.8, 4) is 0 Å². The molecule has 0 aliphatic rings. The lowest BCUT2D eigenvalue weighted by molar-refractivity contribution is 0.252. The molecule has 140 valence electrons. The second-order valence-electron chi connectivity index (χ2n) is 5.60. The van der Waals surface area contributed by atoms with Crippen LogP contribution in [0.3, 0.4) is 0 Å². The summed E-state index contributed by atoms with van der Waals surface area (Å²) in [6.45, 7) is -0.0989. The number of hydrogen-bond donors (Lipinski definition) is 2. The van der Waals surface area contributed by atoms with Gasteiger partial charge in [0, 0.05) is 29.6 Å². The molecule has 0 aliphatic heterocycles. The molecule has 0 fully saturated rings. The molecule has 0 saturated heterocycles. The van der Waals surface area contributed by atoms with Crippen molar-refractivity contribution >= 4 is 44.5 Å². The maximum Gasteiger partial charge on any atom is 0.319 e. The number of nitrogens with one attached hydrogen (secondary N) is 2. The van der Waals surface area contributed by atoms with Gasteiger partial charge in [0.2, 0.25) is 0 Å². The van der Waals surface area contributed by atoms with E-state index in [0.717, 1.165) is 11.3 Å². The zero-order chi connectivity index (χ0) is 19.3. The lowest BCUT2D eigenvalue weighted by Gasteiger charge is -2.18. The zero-order valence-corrected chi connectivity index (χ0v) is 16.4. The van der Waals surface area contributed by atoms with Crippen molar-refractivity contribution in [3.63, 3.8) is 0 Å². The van der Waals surface area contributed by atoms with Crippen molar-refractivity contribution in [2.45, 2.75) is 9.46 Å². The minimum absolute atomic E-state index is 0.0989. The van der Waals surface area contributed by atoms with Gasteiger partial charge in [-0.1, -0.05) is 29.8 Å². The number of urea groups is 1. The molecular weight excluding hydrogens is 406 g/mol. The van der Waals surface area contributed by atoms with E-state index in [1.54, 1.807) is 60.1 Å². The van der Waals surface area contributed by atoms with Crippen LogP contribution in [0.5, 0.6) is 0 Å². The largest absolute Gasteiger partial charge is 0.336 e. The first-order valence-electron chi connectivity index (χ1n) is 7.94. The predicted molar refractivity (Wildman–Crippen MR) is 107 cm³/mol. The topological polar surface area (TPSA) is 88.2 Å². The van der Waals surface area contributed by atoms with Crippen molar-refractivity contribution < 1.29 is 13.2 Å². The molecule has 27 heavy (non-hydrogen) atoms. The highest BCUT2D eigenvalue weighted by atomic mass is 35.5. The quantitative estimate of drug-likeness (QED) is 0.626. The van der Waals surface area contributed by atoms with Crippen LogP contribution in [-0.4, -0.2) is 26.0 Å². The number of halogens is 1. The highest BCUT2D eigenvalue weighted by molar-refractivity contribution is 7.93. The van der Waals surface area contributed by atoms with Crippen LogP contribution in [0, 0.1) is 0 Å². The molecule has 2 aromatic heterocycles. The lowest BCUT2D eigenvalue weighted by Crippen LogP contribution is -2.34. The number of carbonyl (C=O) groups is 1. The van der Waals surface area contributed by atoms with E-state index < -0.39 is 21.1 Å². The summed E-state index contributed by atoms with van der Waals surface area (Å²) in [7, 11) is -3.67. The summed E-state index contributed by atoms with van der Waals surface area (Å²) in [6, 6.07) is 12.7. The Kier molecular flexibility index (Phi) is 6.10. The minimum atomic E-state index is -3.67. The van der Waals surface area contributed by atoms with Gasteiger partial charge in [0.1, 0.15) is 9.46 Å². The Bertz CT molecular complexity index is 1010. The molecule has 2 heterocycles. The van der Waals surface area contributed by atoms with Gasteiger partial charge in [0.15, 0.2) is 9.84 Å². The van der Waals surface area contributed by atoms with Crippen molar-refractivity contribution in [1.29, 1.82) is 0 Å². The Labute approximate surface area is 166 Å². The number of thiophene rings is 1. The van der Waals surface area contributed by atoms with Crippen LogP contribution >= 0.6 is 22.9 Å². The molecule has 0 aliphatic carbocycles. The number of pyridine rings is 1. The van der Waals surface area contributed by atoms with Crippen LogP contribution in [0.2, 0.25) is 5.02 Å². The Morgan fingerprint density at radius 3 is 2.70 bits per heavy atom. The average Bonchev–Trinajstić information content (AvgIpc) is 3.18. The number of sulfone groups is 1. The number of hydrogen-bond acceptors (Lipinski definition) is 5. The number of amides is 2. The maximum atomic E-state index is 13.0. The van der Waals surface area contributed by atoms with Gasteiger partial charge in [0.05, 0.1) is 0 Å². The van der Waals surface area contributed by atoms with E-state index in [0.29, 0.717) is 16.3 Å². The van der Waals surface area contributed by atoms with Gasteiger partial charge < -0.3 is 10.6 Å². The molecule has 1 aromatic carbocycles. The van der Waals surface area contributed by atoms with Crippen LogP contribution in [0.4, 0.5) is 10.5 Å². The summed E-state index contributed by atoms with van der Waals surface area (Å²) in [6.07, 6.45) is 3.06. The van der Waals surface area contributed by atoms with Crippen molar-refractivity contribution in [1.82, 2.24) is 10.3 Å². The monoisotopic (exact) mass is 421 g/mol. The normalized spacial score (nSPS) is 12.3. The van der Waals surface area contributed by atoms with Crippen LogP contribution in [-0.2, 0) is 9.84 Å². The molecule has 0 bridgehead atoms. The second kappa shape index (κ2) is 8.51. The highest BCUT2D eigenvalue weighted by Crippen LogP contribution is 2.30. The molecule has 3 rings (SSSR count). The fraction of sp³-hybridized carbons (Fsp3) is 0.111. The molecule has 0 saturated carbocycles. The third kappa shape index (κ3) is 4.85. The first-order valence-corrected chi connectivity index (χ1v) is 10.7. The molecule has 2 N–H and O–H groups in total. The van der Waals surface area contributed by atoms with E-state index in [-0.39, 0.29) is 10.8 Å². The van der Waals surface area contributed by atoms with Gasteiger partial charge in [-0.3, -0.25) is 4.98 Å². The molecule has 1 unspecified atom stereocenters. The lowest BCUT2D eigenvalue weighted by atomic mass is 10.2. The van der Waals surface area contributed by atoms with E-state index in [9.17, 15) is 13.2 Å². The summed E-state index contributed by atoms with van der Waals surface area (Å²) < 4.78 is 26.2. The molecule has 0 radical (unpaired) electrons. The van der Waals surface area contributed by atoms with Crippen LogP contribution in [0.25, 0.3) is 0 Å². The van der Waals surface area contributed by atoms with Gasteiger partial charge in [-0.2, -0.15) is 0 Å². The number of benzene rings is 1. The Balaban J connectivity index is 1.77. The SMILES string of the molecule is O=C(NCC(c1cccnc1)S(=O)(=O)c1cccs1)Nc1cccc(Cl)c1. The van der Waals surface area contributed by atoms with E-state index in [1.807, 2.05) is 0 Å². The van der Waals surface area contributed by atoms with Crippen LogP contribution in [0.15, 0.2) is 70.5 Å². The third-order valence-corrected chi connectivity index (χ3v) is 7.50. The third-order valence-electron chi connectivity index (χ3n) is 3.74. The van der Waals surface area contributed by atoms with Gasteiger partial charge in [-0.05, 0) is 41.3 Å². The molecule has 9 heteroatoms. The molecule has 2 amide bonds. The van der Waals surface area contributed by atoms with Crippen molar-refractivity contribution in [2.24, 2.45) is 0 Å². The fourth-order valence-corrected chi connectivity index (χ4v) is 5.51. The van der Waals surface area contributed by atoms with E-state index in [1.165, 1.54) is 6.20 Å². The number of rotatable bonds is 6. The summed E-state index contributed by atoms with van der Waals surface area (Å²) in [5.41, 5.74) is 1.02. The highest BCUT2D eigenvalue weighted by Gasteiger charge is 2.30. The maximum absolute atomic E-state index is 13.0. The smallest absolute Gasteiger partial charge is 0.319 e.